The molecular formula is C27H29N7. The average molecular weight is 453 g/mol. The minimum Gasteiger partial charge on any atom is -0.368 e. The van der Waals surface area contributed by atoms with Gasteiger partial charge in [-0.25, -0.2) is 4.98 Å². The summed E-state index contributed by atoms with van der Waals surface area (Å²) in [5, 5.41) is 14.1. The zero-order valence-corrected chi connectivity index (χ0v) is 19.4. The Balaban J connectivity index is 1.21. The zero-order valence-electron chi connectivity index (χ0n) is 20.4. The van der Waals surface area contributed by atoms with Crippen LogP contribution in [0.25, 0.3) is 10.9 Å². The lowest BCUT2D eigenvalue weighted by atomic mass is 10.0. The van der Waals surface area contributed by atoms with Gasteiger partial charge in [-0.2, -0.15) is 5.26 Å². The molecule has 0 aliphatic carbocycles. The van der Waals surface area contributed by atoms with Gasteiger partial charge in [0.15, 0.2) is 0 Å². The van der Waals surface area contributed by atoms with E-state index in [1.165, 1.54) is 17.7 Å². The number of nitrogens with zero attached hydrogens (tertiary/aromatic N) is 6. The first-order chi connectivity index (χ1) is 17.1. The molecule has 34 heavy (non-hydrogen) atoms. The van der Waals surface area contributed by atoms with Crippen LogP contribution in [0.2, 0.25) is 0 Å². The molecule has 0 unspecified atom stereocenters. The van der Waals surface area contributed by atoms with Gasteiger partial charge in [0.25, 0.3) is 0 Å². The second kappa shape index (κ2) is 7.66. The molecule has 0 amide bonds. The zero-order chi connectivity index (χ0) is 23.7. The van der Waals surface area contributed by atoms with Crippen LogP contribution >= 0.6 is 0 Å². The molecule has 0 bridgehead atoms. The van der Waals surface area contributed by atoms with Crippen molar-refractivity contribution in [1.29, 1.82) is 5.26 Å². The van der Waals surface area contributed by atoms with Crippen molar-refractivity contribution >= 4 is 22.4 Å². The average Bonchev–Trinajstić information content (AvgIpc) is 3.57. The van der Waals surface area contributed by atoms with Gasteiger partial charge < -0.3 is 15.1 Å². The van der Waals surface area contributed by atoms with Gasteiger partial charge in [-0.05, 0) is 55.2 Å². The third-order valence-corrected chi connectivity index (χ3v) is 8.43. The van der Waals surface area contributed by atoms with Crippen molar-refractivity contribution in [3.05, 3.63) is 59.4 Å². The van der Waals surface area contributed by atoms with Crippen LogP contribution in [-0.2, 0) is 6.54 Å². The summed E-state index contributed by atoms with van der Waals surface area (Å²) in [6.45, 7) is 8.30. The number of benzene rings is 1. The van der Waals surface area contributed by atoms with E-state index in [0.29, 0.717) is 29.2 Å². The van der Waals surface area contributed by atoms with E-state index in [4.69, 9.17) is 6.35 Å². The highest BCUT2D eigenvalue weighted by molar-refractivity contribution is 5.95. The molecule has 2 aromatic heterocycles. The number of piperazine rings is 1. The van der Waals surface area contributed by atoms with Crippen molar-refractivity contribution < 1.29 is 1.37 Å². The van der Waals surface area contributed by atoms with Crippen molar-refractivity contribution in [3.8, 4) is 6.07 Å². The van der Waals surface area contributed by atoms with E-state index in [1.807, 2.05) is 18.2 Å². The first-order valence-electron chi connectivity index (χ1n) is 12.9. The van der Waals surface area contributed by atoms with Crippen molar-refractivity contribution in [3.63, 3.8) is 0 Å². The van der Waals surface area contributed by atoms with Crippen molar-refractivity contribution in [2.75, 3.05) is 42.5 Å². The Hall–Kier alpha value is -3.21. The van der Waals surface area contributed by atoms with Crippen LogP contribution in [0.5, 0.6) is 0 Å². The molecule has 3 fully saturated rings. The summed E-state index contributed by atoms with van der Waals surface area (Å²) >= 11 is 0. The van der Waals surface area contributed by atoms with Crippen LogP contribution in [-0.4, -0.2) is 59.7 Å². The predicted molar refractivity (Wildman–Crippen MR) is 133 cm³/mol. The number of anilines is 2. The van der Waals surface area contributed by atoms with Crippen molar-refractivity contribution in [1.82, 2.24) is 20.2 Å². The Morgan fingerprint density at radius 3 is 3.03 bits per heavy atom. The number of hydrogen-bond donors (Lipinski definition) is 1. The second-order valence-electron chi connectivity index (χ2n) is 10.2. The highest BCUT2D eigenvalue weighted by atomic mass is 15.3. The fraction of sp³-hybridized carbons (Fsp3) is 0.444. The smallest absolute Gasteiger partial charge is 0.129 e. The standard InChI is InChI=1S/C27H29N7/c1-17-14-32(23-6-4-18(11-28)27-21(23)3-2-9-30-27)16-25-20-5-7-26(31-22(20)15-34(17)25)33-10-8-19-12-29-13-24(19)33/h2-7,9,17,19,24-25,29H,8,10,12-16H2,1H3/t17-,19+,24-,25-/m1/s1/i9D. The summed E-state index contributed by atoms with van der Waals surface area (Å²) in [5.74, 6) is 1.90. The molecule has 0 saturated carbocycles. The first-order valence-corrected chi connectivity index (χ1v) is 12.4. The van der Waals surface area contributed by atoms with E-state index in [-0.39, 0.29) is 6.17 Å². The van der Waals surface area contributed by atoms with E-state index in [9.17, 15) is 5.26 Å². The molecule has 4 aliphatic heterocycles. The third-order valence-electron chi connectivity index (χ3n) is 8.43. The van der Waals surface area contributed by atoms with Crippen molar-refractivity contribution in [2.45, 2.75) is 38.0 Å². The van der Waals surface area contributed by atoms with Gasteiger partial charge in [0, 0.05) is 68.6 Å². The second-order valence-corrected chi connectivity index (χ2v) is 10.2. The van der Waals surface area contributed by atoms with Crippen molar-refractivity contribution in [2.24, 2.45) is 5.92 Å². The SMILES string of the molecule is [2H]c1ccc2c(N3C[C@@H](C)N4Cc5nc(N6CC[C@H]7CNC[C@H]76)ccc5[C@H]4C3)ccc(C#N)c2n1. The van der Waals surface area contributed by atoms with Crippen LogP contribution in [0, 0.1) is 17.2 Å². The lowest BCUT2D eigenvalue weighted by Crippen LogP contribution is -2.51. The number of nitrogens with one attached hydrogen (secondary N) is 1. The number of hydrogen-bond acceptors (Lipinski definition) is 7. The number of aromatic nitrogens is 2. The molecule has 6 heterocycles. The molecule has 172 valence electrons. The van der Waals surface area contributed by atoms with Crippen LogP contribution in [0.15, 0.2) is 42.6 Å². The minimum atomic E-state index is 0.189. The summed E-state index contributed by atoms with van der Waals surface area (Å²) in [6.07, 6.45) is 1.44. The largest absolute Gasteiger partial charge is 0.368 e. The lowest BCUT2D eigenvalue weighted by Gasteiger charge is -2.43. The van der Waals surface area contributed by atoms with Gasteiger partial charge >= 0.3 is 0 Å². The molecule has 7 nitrogen and oxygen atoms in total. The Morgan fingerprint density at radius 2 is 2.12 bits per heavy atom. The van der Waals surface area contributed by atoms with Crippen LogP contribution in [0.4, 0.5) is 11.5 Å². The number of nitriles is 1. The quantitative estimate of drug-likeness (QED) is 0.641. The number of fused-ring (bicyclic) bond motifs is 5. The molecule has 0 radical (unpaired) electrons. The topological polar surface area (TPSA) is 71.3 Å². The Labute approximate surface area is 201 Å². The summed E-state index contributed by atoms with van der Waals surface area (Å²) < 4.78 is 7.94. The van der Waals surface area contributed by atoms with Gasteiger partial charge in [0.2, 0.25) is 0 Å². The summed E-state index contributed by atoms with van der Waals surface area (Å²) in [5.41, 5.74) is 4.80. The molecule has 4 aliphatic rings. The fourth-order valence-electron chi connectivity index (χ4n) is 6.73. The predicted octanol–water partition coefficient (Wildman–Crippen LogP) is 3.06. The molecule has 7 rings (SSSR count). The van der Waals surface area contributed by atoms with Crippen LogP contribution in [0.1, 0.15) is 37.6 Å². The molecular weight excluding hydrogens is 422 g/mol. The van der Waals surface area contributed by atoms with Crippen LogP contribution < -0.4 is 15.1 Å². The maximum absolute atomic E-state index is 9.57. The third kappa shape index (κ3) is 2.95. The molecule has 1 N–H and O–H groups in total. The van der Waals surface area contributed by atoms with Crippen LogP contribution in [0.3, 0.4) is 0 Å². The van der Waals surface area contributed by atoms with Gasteiger partial charge in [-0.3, -0.25) is 9.88 Å². The Morgan fingerprint density at radius 1 is 1.18 bits per heavy atom. The van der Waals surface area contributed by atoms with E-state index in [1.54, 1.807) is 6.07 Å². The highest BCUT2D eigenvalue weighted by Gasteiger charge is 2.42. The summed E-state index contributed by atoms with van der Waals surface area (Å²) in [6, 6.07) is 15.6. The van der Waals surface area contributed by atoms with Gasteiger partial charge in [-0.1, -0.05) is 6.07 Å². The Kier molecular flexibility index (Phi) is 4.31. The highest BCUT2D eigenvalue weighted by Crippen LogP contribution is 2.42. The summed E-state index contributed by atoms with van der Waals surface area (Å²) in [4.78, 5) is 17.1. The molecule has 3 aromatic rings. The number of rotatable bonds is 2. The fourth-order valence-corrected chi connectivity index (χ4v) is 6.73. The maximum atomic E-state index is 9.57. The maximum Gasteiger partial charge on any atom is 0.129 e. The molecule has 7 heteroatoms. The normalized spacial score (nSPS) is 28.5. The first kappa shape index (κ1) is 19.1. The van der Waals surface area contributed by atoms with Gasteiger partial charge in [-0.15, -0.1) is 0 Å². The van der Waals surface area contributed by atoms with Gasteiger partial charge in [0.1, 0.15) is 11.9 Å². The summed E-state index contributed by atoms with van der Waals surface area (Å²) in [7, 11) is 0. The Bertz CT molecular complexity index is 1370. The van der Waals surface area contributed by atoms with E-state index < -0.39 is 0 Å². The lowest BCUT2D eigenvalue weighted by molar-refractivity contribution is 0.133. The number of pyridine rings is 2. The van der Waals surface area contributed by atoms with E-state index >= 15 is 0 Å². The minimum absolute atomic E-state index is 0.189. The van der Waals surface area contributed by atoms with Gasteiger partial charge in [0.05, 0.1) is 24.2 Å². The molecule has 4 atom stereocenters. The molecule has 0 spiro atoms. The van der Waals surface area contributed by atoms with E-state index in [0.717, 1.165) is 62.1 Å². The van der Waals surface area contributed by atoms with E-state index in [2.05, 4.69) is 50.1 Å². The monoisotopic (exact) mass is 452 g/mol. The molecule has 1 aromatic carbocycles. The molecule has 3 saturated heterocycles.